The molecule has 0 amide bonds. The fourth-order valence-corrected chi connectivity index (χ4v) is 2.95. The quantitative estimate of drug-likeness (QED) is 0.555. The Kier molecular flexibility index (Phi) is 3.88. The number of hydrogen-bond donors (Lipinski definition) is 1. The second-order valence-corrected chi connectivity index (χ2v) is 6.15. The van der Waals surface area contributed by atoms with Crippen molar-refractivity contribution in [3.05, 3.63) is 77.9 Å². The minimum atomic E-state index is -0.533. The lowest BCUT2D eigenvalue weighted by molar-refractivity contribution is 0.428. The predicted molar refractivity (Wildman–Crippen MR) is 94.8 cm³/mol. The van der Waals surface area contributed by atoms with Gasteiger partial charge in [0.2, 0.25) is 11.8 Å². The first-order valence-corrected chi connectivity index (χ1v) is 8.06. The zero-order chi connectivity index (χ0) is 18.3. The highest BCUT2D eigenvalue weighted by Gasteiger charge is 2.12. The Labute approximate surface area is 148 Å². The van der Waals surface area contributed by atoms with E-state index in [1.54, 1.807) is 54.2 Å². The molecule has 0 atom stereocenters. The van der Waals surface area contributed by atoms with Crippen LogP contribution in [0.4, 0.5) is 8.78 Å². The summed E-state index contributed by atoms with van der Waals surface area (Å²) in [5.74, 6) is -0.890. The number of halogens is 2. The van der Waals surface area contributed by atoms with Crippen molar-refractivity contribution in [2.75, 3.05) is 0 Å². The van der Waals surface area contributed by atoms with Crippen LogP contribution < -0.4 is 0 Å². The molecular formula is C20H15F2N3O. The summed E-state index contributed by atoms with van der Waals surface area (Å²) in [6.07, 6.45) is 4.71. The van der Waals surface area contributed by atoms with E-state index in [0.717, 1.165) is 0 Å². The van der Waals surface area contributed by atoms with Gasteiger partial charge in [-0.25, -0.2) is 9.37 Å². The van der Waals surface area contributed by atoms with Crippen molar-refractivity contribution in [3.8, 4) is 17.0 Å². The molecule has 130 valence electrons. The van der Waals surface area contributed by atoms with Crippen LogP contribution in [-0.4, -0.2) is 19.6 Å². The molecule has 3 heterocycles. The maximum Gasteiger partial charge on any atom is 0.215 e. The maximum atomic E-state index is 14.6. The molecule has 6 heteroatoms. The fraction of sp³-hybridized carbons (Fsp3) is 0.100. The van der Waals surface area contributed by atoms with Crippen LogP contribution in [0, 0.1) is 18.7 Å². The van der Waals surface area contributed by atoms with Gasteiger partial charge in [-0.15, -0.1) is 0 Å². The van der Waals surface area contributed by atoms with Crippen molar-refractivity contribution < 1.29 is 13.9 Å². The Morgan fingerprint density at radius 1 is 1.08 bits per heavy atom. The van der Waals surface area contributed by atoms with Crippen LogP contribution in [0.25, 0.3) is 22.0 Å². The monoisotopic (exact) mass is 351 g/mol. The molecule has 1 N–H and O–H groups in total. The number of pyridine rings is 2. The van der Waals surface area contributed by atoms with Crippen LogP contribution in [0.1, 0.15) is 11.1 Å². The van der Waals surface area contributed by atoms with E-state index < -0.39 is 11.8 Å². The van der Waals surface area contributed by atoms with Gasteiger partial charge in [-0.1, -0.05) is 12.1 Å². The molecule has 0 aliphatic heterocycles. The molecule has 4 rings (SSSR count). The van der Waals surface area contributed by atoms with E-state index in [0.29, 0.717) is 33.2 Å². The SMILES string of the molecule is Cc1cc(-c2ccc(Cn3cc4ncccc4c3O)c(F)c2)cnc1F. The second-order valence-electron chi connectivity index (χ2n) is 6.15. The lowest BCUT2D eigenvalue weighted by Crippen LogP contribution is -2.00. The third kappa shape index (κ3) is 2.79. The van der Waals surface area contributed by atoms with E-state index in [2.05, 4.69) is 9.97 Å². The standard InChI is InChI=1S/C20H15F2N3O/c1-12-7-15(9-24-19(12)22)13-4-5-14(17(21)8-13)10-25-11-18-16(20(25)26)3-2-6-23-18/h2-9,11,26H,10H2,1H3. The highest BCUT2D eigenvalue weighted by Crippen LogP contribution is 2.28. The topological polar surface area (TPSA) is 50.9 Å². The lowest BCUT2D eigenvalue weighted by Gasteiger charge is -2.09. The Hall–Kier alpha value is -3.28. The van der Waals surface area contributed by atoms with E-state index in [9.17, 15) is 13.9 Å². The van der Waals surface area contributed by atoms with Gasteiger partial charge in [-0.3, -0.25) is 4.98 Å². The molecule has 1 aromatic carbocycles. The van der Waals surface area contributed by atoms with Gasteiger partial charge in [-0.2, -0.15) is 4.39 Å². The average Bonchev–Trinajstić information content (AvgIpc) is 2.95. The normalized spacial score (nSPS) is 11.2. The molecule has 4 nitrogen and oxygen atoms in total. The minimum absolute atomic E-state index is 0.0509. The van der Waals surface area contributed by atoms with E-state index in [4.69, 9.17) is 0 Å². The Balaban J connectivity index is 1.67. The van der Waals surface area contributed by atoms with E-state index in [-0.39, 0.29) is 12.4 Å². The fourth-order valence-electron chi connectivity index (χ4n) is 2.95. The molecule has 0 aliphatic carbocycles. The maximum absolute atomic E-state index is 14.6. The molecule has 0 aliphatic rings. The van der Waals surface area contributed by atoms with Gasteiger partial charge < -0.3 is 9.67 Å². The van der Waals surface area contributed by atoms with Crippen LogP contribution in [0.5, 0.6) is 5.88 Å². The molecular weight excluding hydrogens is 336 g/mol. The predicted octanol–water partition coefficient (Wildman–Crippen LogP) is 4.44. The summed E-state index contributed by atoms with van der Waals surface area (Å²) in [6.45, 7) is 1.79. The van der Waals surface area contributed by atoms with Gasteiger partial charge in [0.15, 0.2) is 0 Å². The van der Waals surface area contributed by atoms with Crippen molar-refractivity contribution >= 4 is 10.9 Å². The van der Waals surface area contributed by atoms with Crippen molar-refractivity contribution in [1.82, 2.24) is 14.5 Å². The molecule has 0 fully saturated rings. The highest BCUT2D eigenvalue weighted by atomic mass is 19.1. The molecule has 0 unspecified atom stereocenters. The zero-order valence-corrected chi connectivity index (χ0v) is 13.9. The molecule has 3 aromatic heterocycles. The molecule has 0 spiro atoms. The van der Waals surface area contributed by atoms with E-state index >= 15 is 0 Å². The van der Waals surface area contributed by atoms with Gasteiger partial charge in [0.05, 0.1) is 17.4 Å². The van der Waals surface area contributed by atoms with E-state index in [1.807, 2.05) is 0 Å². The summed E-state index contributed by atoms with van der Waals surface area (Å²) < 4.78 is 29.4. The first-order chi connectivity index (χ1) is 12.5. The largest absolute Gasteiger partial charge is 0.494 e. The number of fused-ring (bicyclic) bond motifs is 1. The van der Waals surface area contributed by atoms with Gasteiger partial charge in [0, 0.05) is 35.3 Å². The molecule has 0 saturated carbocycles. The van der Waals surface area contributed by atoms with Crippen LogP contribution in [0.3, 0.4) is 0 Å². The van der Waals surface area contributed by atoms with Crippen LogP contribution in [0.15, 0.2) is 55.0 Å². The molecule has 0 radical (unpaired) electrons. The average molecular weight is 351 g/mol. The summed E-state index contributed by atoms with van der Waals surface area (Å²) in [6, 6.07) is 9.93. The number of nitrogens with zero attached hydrogens (tertiary/aromatic N) is 3. The smallest absolute Gasteiger partial charge is 0.215 e. The minimum Gasteiger partial charge on any atom is -0.494 e. The summed E-state index contributed by atoms with van der Waals surface area (Å²) >= 11 is 0. The molecule has 26 heavy (non-hydrogen) atoms. The van der Waals surface area contributed by atoms with Crippen molar-refractivity contribution in [1.29, 1.82) is 0 Å². The molecule has 0 saturated heterocycles. The Morgan fingerprint density at radius 3 is 2.65 bits per heavy atom. The number of benzene rings is 1. The number of aryl methyl sites for hydroxylation is 1. The van der Waals surface area contributed by atoms with Gasteiger partial charge in [0.1, 0.15) is 5.82 Å². The first-order valence-electron chi connectivity index (χ1n) is 8.06. The van der Waals surface area contributed by atoms with Gasteiger partial charge in [0.25, 0.3) is 0 Å². The second kappa shape index (κ2) is 6.22. The van der Waals surface area contributed by atoms with Gasteiger partial charge >= 0.3 is 0 Å². The summed E-state index contributed by atoms with van der Waals surface area (Å²) in [7, 11) is 0. The summed E-state index contributed by atoms with van der Waals surface area (Å²) in [4.78, 5) is 7.86. The van der Waals surface area contributed by atoms with E-state index in [1.165, 1.54) is 12.3 Å². The Bertz CT molecular complexity index is 1120. The van der Waals surface area contributed by atoms with Crippen LogP contribution in [-0.2, 0) is 6.54 Å². The van der Waals surface area contributed by atoms with Crippen LogP contribution in [0.2, 0.25) is 0 Å². The highest BCUT2D eigenvalue weighted by molar-refractivity contribution is 5.84. The third-order valence-corrected chi connectivity index (χ3v) is 4.37. The molecule has 4 aromatic rings. The first kappa shape index (κ1) is 16.2. The summed E-state index contributed by atoms with van der Waals surface area (Å²) in [5, 5.41) is 10.9. The lowest BCUT2D eigenvalue weighted by atomic mass is 10.0. The van der Waals surface area contributed by atoms with Crippen molar-refractivity contribution in [2.24, 2.45) is 0 Å². The third-order valence-electron chi connectivity index (χ3n) is 4.37. The number of aromatic hydroxyl groups is 1. The number of rotatable bonds is 3. The number of aromatic nitrogens is 3. The van der Waals surface area contributed by atoms with Crippen molar-refractivity contribution in [2.45, 2.75) is 13.5 Å². The molecule has 0 bridgehead atoms. The van der Waals surface area contributed by atoms with Gasteiger partial charge in [-0.05, 0) is 36.8 Å². The zero-order valence-electron chi connectivity index (χ0n) is 13.9. The summed E-state index contributed by atoms with van der Waals surface area (Å²) in [5.41, 5.74) is 2.74. The number of hydrogen-bond acceptors (Lipinski definition) is 3. The Morgan fingerprint density at radius 2 is 1.92 bits per heavy atom. The van der Waals surface area contributed by atoms with Crippen molar-refractivity contribution in [3.63, 3.8) is 0 Å². The van der Waals surface area contributed by atoms with Crippen LogP contribution >= 0.6 is 0 Å².